The number of nitrogens with zero attached hydrogens (tertiary/aromatic N) is 4. The fraction of sp³-hybridized carbons (Fsp3) is 0.417. The van der Waals surface area contributed by atoms with Crippen molar-refractivity contribution in [2.75, 3.05) is 5.32 Å². The number of carbonyl (C=O) groups excluding carboxylic acids is 1. The van der Waals surface area contributed by atoms with Gasteiger partial charge in [0.05, 0.1) is 12.7 Å². The van der Waals surface area contributed by atoms with Crippen LogP contribution in [0, 0.1) is 0 Å². The maximum absolute atomic E-state index is 12.4. The topological polar surface area (TPSA) is 94.0 Å². The number of pyridine rings is 1. The van der Waals surface area contributed by atoms with Crippen molar-refractivity contribution in [1.82, 2.24) is 25.3 Å². The molecule has 0 unspecified atom stereocenters. The van der Waals surface area contributed by atoms with E-state index in [-0.39, 0.29) is 6.04 Å². The fourth-order valence-corrected chi connectivity index (χ4v) is 3.45. The minimum atomic E-state index is -0.464. The van der Waals surface area contributed by atoms with Gasteiger partial charge in [0.25, 0.3) is 0 Å². The highest BCUT2D eigenvalue weighted by molar-refractivity contribution is 6.29. The Morgan fingerprint density at radius 3 is 2.61 bits per heavy atom. The molecular formula is C24H31ClN6O2. The van der Waals surface area contributed by atoms with Gasteiger partial charge in [-0.15, -0.1) is 5.10 Å². The van der Waals surface area contributed by atoms with Gasteiger partial charge in [-0.3, -0.25) is 0 Å². The lowest BCUT2D eigenvalue weighted by Gasteiger charge is -2.23. The molecule has 1 aromatic carbocycles. The summed E-state index contributed by atoms with van der Waals surface area (Å²) in [5, 5.41) is 15.2. The molecule has 176 valence electrons. The van der Waals surface area contributed by atoms with E-state index >= 15 is 0 Å². The molecule has 33 heavy (non-hydrogen) atoms. The van der Waals surface area contributed by atoms with Crippen LogP contribution in [0.5, 0.6) is 0 Å². The molecule has 1 atom stereocenters. The smallest absolute Gasteiger partial charge is 0.407 e. The Balaban J connectivity index is 1.80. The highest BCUT2D eigenvalue weighted by atomic mass is 35.5. The number of benzene rings is 1. The van der Waals surface area contributed by atoms with Crippen molar-refractivity contribution >= 4 is 23.4 Å². The molecule has 3 rings (SSSR count). The lowest BCUT2D eigenvalue weighted by atomic mass is 10.1. The molecule has 0 bridgehead atoms. The summed E-state index contributed by atoms with van der Waals surface area (Å²) in [6, 6.07) is 11.9. The first kappa shape index (κ1) is 24.5. The zero-order valence-corrected chi connectivity index (χ0v) is 20.4. The zero-order valence-electron chi connectivity index (χ0n) is 19.7. The molecule has 0 fully saturated rings. The van der Waals surface area contributed by atoms with Crippen molar-refractivity contribution in [2.24, 2.45) is 0 Å². The Kier molecular flexibility index (Phi) is 7.92. The SMILES string of the molecule is CC(C)Nc1cc(Cl)ncc1-c1cn(C[C@H](Cc2ccccc2)OC(=O)NC(C)(C)C)nn1. The molecule has 8 nitrogen and oxygen atoms in total. The minimum absolute atomic E-state index is 0.210. The van der Waals surface area contributed by atoms with Crippen molar-refractivity contribution in [3.05, 3.63) is 59.5 Å². The largest absolute Gasteiger partial charge is 0.444 e. The van der Waals surface area contributed by atoms with Gasteiger partial charge in [0, 0.05) is 35.4 Å². The lowest BCUT2D eigenvalue weighted by Crippen LogP contribution is -2.43. The van der Waals surface area contributed by atoms with Gasteiger partial charge in [-0.1, -0.05) is 47.1 Å². The second-order valence-corrected chi connectivity index (χ2v) is 9.66. The fourth-order valence-electron chi connectivity index (χ4n) is 3.29. The predicted molar refractivity (Wildman–Crippen MR) is 130 cm³/mol. The first-order chi connectivity index (χ1) is 15.6. The predicted octanol–water partition coefficient (Wildman–Crippen LogP) is 4.95. The normalized spacial score (nSPS) is 12.5. The van der Waals surface area contributed by atoms with Gasteiger partial charge >= 0.3 is 6.09 Å². The van der Waals surface area contributed by atoms with E-state index in [1.54, 1.807) is 16.9 Å². The minimum Gasteiger partial charge on any atom is -0.444 e. The van der Waals surface area contributed by atoms with Crippen LogP contribution in [0.4, 0.5) is 10.5 Å². The molecule has 0 radical (unpaired) electrons. The van der Waals surface area contributed by atoms with Gasteiger partial charge in [0.1, 0.15) is 17.0 Å². The van der Waals surface area contributed by atoms with E-state index in [0.29, 0.717) is 23.8 Å². The van der Waals surface area contributed by atoms with Crippen molar-refractivity contribution in [1.29, 1.82) is 0 Å². The molecule has 9 heteroatoms. The quantitative estimate of drug-likeness (QED) is 0.452. The lowest BCUT2D eigenvalue weighted by molar-refractivity contribution is 0.0794. The number of rotatable bonds is 8. The van der Waals surface area contributed by atoms with Crippen molar-refractivity contribution < 1.29 is 9.53 Å². The summed E-state index contributed by atoms with van der Waals surface area (Å²) >= 11 is 6.09. The van der Waals surface area contributed by atoms with Crippen LogP contribution >= 0.6 is 11.6 Å². The molecule has 0 aliphatic rings. The van der Waals surface area contributed by atoms with Crippen LogP contribution in [0.3, 0.4) is 0 Å². The maximum atomic E-state index is 12.4. The van der Waals surface area contributed by atoms with E-state index in [0.717, 1.165) is 16.8 Å². The van der Waals surface area contributed by atoms with Gasteiger partial charge in [0.15, 0.2) is 0 Å². The number of ether oxygens (including phenoxy) is 1. The number of halogens is 1. The van der Waals surface area contributed by atoms with Crippen molar-refractivity contribution in [3.8, 4) is 11.3 Å². The molecule has 0 aliphatic heterocycles. The summed E-state index contributed by atoms with van der Waals surface area (Å²) in [6.07, 6.45) is 3.15. The zero-order chi connectivity index (χ0) is 24.0. The molecular weight excluding hydrogens is 440 g/mol. The van der Waals surface area contributed by atoms with Crippen LogP contribution in [-0.4, -0.2) is 43.8 Å². The molecule has 2 heterocycles. The number of carbonyl (C=O) groups is 1. The van der Waals surface area contributed by atoms with Gasteiger partial charge in [-0.2, -0.15) is 0 Å². The Morgan fingerprint density at radius 1 is 1.21 bits per heavy atom. The van der Waals surface area contributed by atoms with Crippen LogP contribution in [-0.2, 0) is 17.7 Å². The van der Waals surface area contributed by atoms with E-state index < -0.39 is 17.7 Å². The molecule has 3 aromatic rings. The molecule has 2 aromatic heterocycles. The summed E-state index contributed by atoms with van der Waals surface area (Å²) in [5.41, 5.74) is 2.96. The molecule has 1 amide bonds. The van der Waals surface area contributed by atoms with Crippen LogP contribution in [0.25, 0.3) is 11.3 Å². The molecule has 0 saturated carbocycles. The average molecular weight is 471 g/mol. The Bertz CT molecular complexity index is 1060. The number of nitrogens with one attached hydrogen (secondary N) is 2. The summed E-state index contributed by atoms with van der Waals surface area (Å²) < 4.78 is 7.44. The van der Waals surface area contributed by atoms with Gasteiger partial charge < -0.3 is 15.4 Å². The number of amides is 1. The number of hydrogen-bond donors (Lipinski definition) is 2. The number of anilines is 1. The van der Waals surface area contributed by atoms with Crippen molar-refractivity contribution in [3.63, 3.8) is 0 Å². The summed E-state index contributed by atoms with van der Waals surface area (Å²) in [4.78, 5) is 16.6. The monoisotopic (exact) mass is 470 g/mol. The average Bonchev–Trinajstić information content (AvgIpc) is 3.15. The summed E-state index contributed by atoms with van der Waals surface area (Å²) in [6.45, 7) is 10.2. The molecule has 0 spiro atoms. The Morgan fingerprint density at radius 2 is 1.94 bits per heavy atom. The first-order valence-electron chi connectivity index (χ1n) is 10.9. The second-order valence-electron chi connectivity index (χ2n) is 9.27. The third kappa shape index (κ3) is 7.75. The number of hydrogen-bond acceptors (Lipinski definition) is 6. The van der Waals surface area contributed by atoms with Crippen molar-refractivity contribution in [2.45, 2.75) is 65.3 Å². The maximum Gasteiger partial charge on any atom is 0.407 e. The molecule has 0 aliphatic carbocycles. The summed E-state index contributed by atoms with van der Waals surface area (Å²) in [7, 11) is 0. The van der Waals surface area contributed by atoms with E-state index in [9.17, 15) is 4.79 Å². The first-order valence-corrected chi connectivity index (χ1v) is 11.3. The van der Waals surface area contributed by atoms with Gasteiger partial charge in [-0.25, -0.2) is 14.5 Å². The van der Waals surface area contributed by atoms with E-state index in [1.165, 1.54) is 0 Å². The van der Waals surface area contributed by atoms with E-state index in [2.05, 4.69) is 25.9 Å². The molecule has 2 N–H and O–H groups in total. The van der Waals surface area contributed by atoms with Crippen LogP contribution < -0.4 is 10.6 Å². The van der Waals surface area contributed by atoms with Gasteiger partial charge in [-0.05, 0) is 46.2 Å². The third-order valence-corrected chi connectivity index (χ3v) is 4.78. The second kappa shape index (κ2) is 10.7. The summed E-state index contributed by atoms with van der Waals surface area (Å²) in [5.74, 6) is 0. The van der Waals surface area contributed by atoms with Crippen LogP contribution in [0.1, 0.15) is 40.2 Å². The van der Waals surface area contributed by atoms with Crippen LogP contribution in [0.15, 0.2) is 48.8 Å². The highest BCUT2D eigenvalue weighted by Gasteiger charge is 2.21. The number of aromatic nitrogens is 4. The third-order valence-electron chi connectivity index (χ3n) is 4.58. The Labute approximate surface area is 199 Å². The Hall–Kier alpha value is -3.13. The van der Waals surface area contributed by atoms with Crippen LogP contribution in [0.2, 0.25) is 5.15 Å². The standard InChI is InChI=1S/C24H31ClN6O2/c1-16(2)27-20-12-22(25)26-13-19(20)21-15-31(30-29-21)14-18(11-17-9-7-6-8-10-17)33-23(32)28-24(3,4)5/h6-10,12-13,15-16,18H,11,14H2,1-5H3,(H,26,27)(H,28,32)/t18-/m0/s1. The van der Waals surface area contributed by atoms with E-state index in [4.69, 9.17) is 16.3 Å². The highest BCUT2D eigenvalue weighted by Crippen LogP contribution is 2.28. The van der Waals surface area contributed by atoms with Gasteiger partial charge in [0.2, 0.25) is 0 Å². The van der Waals surface area contributed by atoms with E-state index in [1.807, 2.05) is 71.1 Å². The molecule has 0 saturated heterocycles. The number of alkyl carbamates (subject to hydrolysis) is 1.